The van der Waals surface area contributed by atoms with Gasteiger partial charge in [-0.15, -0.1) is 0 Å². The number of hydrogen-bond acceptors (Lipinski definition) is 3. The molecule has 2 aromatic rings. The van der Waals surface area contributed by atoms with Gasteiger partial charge in [0.2, 0.25) is 0 Å². The molecule has 0 aromatic heterocycles. The van der Waals surface area contributed by atoms with Gasteiger partial charge in [0, 0.05) is 18.8 Å². The summed E-state index contributed by atoms with van der Waals surface area (Å²) in [5, 5.41) is 6.17. The van der Waals surface area contributed by atoms with Crippen LogP contribution in [0.25, 0.3) is 0 Å². The summed E-state index contributed by atoms with van der Waals surface area (Å²) in [7, 11) is 0. The molecule has 0 saturated heterocycles. The Morgan fingerprint density at radius 3 is 2.57 bits per heavy atom. The third-order valence-electron chi connectivity index (χ3n) is 3.47. The molecule has 0 aliphatic heterocycles. The summed E-state index contributed by atoms with van der Waals surface area (Å²) in [6, 6.07) is 16.0. The second kappa shape index (κ2) is 8.83. The first-order valence-electron chi connectivity index (χ1n) is 7.91. The molecule has 0 aliphatic carbocycles. The van der Waals surface area contributed by atoms with Gasteiger partial charge < -0.3 is 15.4 Å². The molecular formula is C19H24N2O2. The maximum atomic E-state index is 11.8. The van der Waals surface area contributed by atoms with E-state index in [1.54, 1.807) is 0 Å². The molecule has 2 aromatic carbocycles. The highest BCUT2D eigenvalue weighted by Crippen LogP contribution is 2.18. The fourth-order valence-corrected chi connectivity index (χ4v) is 2.26. The molecule has 0 atom stereocenters. The summed E-state index contributed by atoms with van der Waals surface area (Å²) in [5.41, 5.74) is 3.33. The molecule has 0 saturated carbocycles. The Kier molecular flexibility index (Phi) is 6.48. The van der Waals surface area contributed by atoms with Crippen molar-refractivity contribution >= 4 is 11.6 Å². The number of carbonyl (C=O) groups excluding carboxylic acids is 1. The Morgan fingerprint density at radius 2 is 1.83 bits per heavy atom. The topological polar surface area (TPSA) is 50.4 Å². The van der Waals surface area contributed by atoms with E-state index in [9.17, 15) is 4.79 Å². The van der Waals surface area contributed by atoms with Crippen molar-refractivity contribution in [3.8, 4) is 5.75 Å². The molecule has 4 heteroatoms. The van der Waals surface area contributed by atoms with Crippen molar-refractivity contribution in [2.24, 2.45) is 0 Å². The summed E-state index contributed by atoms with van der Waals surface area (Å²) >= 11 is 0. The molecule has 0 bridgehead atoms. The summed E-state index contributed by atoms with van der Waals surface area (Å²) in [4.78, 5) is 11.8. The lowest BCUT2D eigenvalue weighted by Crippen LogP contribution is -2.30. The van der Waals surface area contributed by atoms with Gasteiger partial charge in [-0.2, -0.15) is 0 Å². The van der Waals surface area contributed by atoms with Gasteiger partial charge in [0.15, 0.2) is 6.61 Å². The summed E-state index contributed by atoms with van der Waals surface area (Å²) in [6.07, 6.45) is 0.865. The molecule has 23 heavy (non-hydrogen) atoms. The van der Waals surface area contributed by atoms with Gasteiger partial charge in [0.05, 0.1) is 0 Å². The number of para-hydroxylation sites is 1. The van der Waals surface area contributed by atoms with Gasteiger partial charge in [0.25, 0.3) is 5.91 Å². The van der Waals surface area contributed by atoms with Crippen LogP contribution >= 0.6 is 0 Å². The number of ether oxygens (including phenoxy) is 1. The first-order chi connectivity index (χ1) is 11.1. The first-order valence-corrected chi connectivity index (χ1v) is 7.91. The van der Waals surface area contributed by atoms with Gasteiger partial charge in [0.1, 0.15) is 5.75 Å². The number of aryl methyl sites for hydroxylation is 2. The minimum absolute atomic E-state index is 0.0516. The zero-order valence-electron chi connectivity index (χ0n) is 13.8. The zero-order chi connectivity index (χ0) is 16.5. The fourth-order valence-electron chi connectivity index (χ4n) is 2.26. The molecule has 2 rings (SSSR count). The number of anilines is 1. The average Bonchev–Trinajstić information content (AvgIpc) is 2.54. The molecule has 1 amide bonds. The predicted molar refractivity (Wildman–Crippen MR) is 94.0 cm³/mol. The molecular weight excluding hydrogens is 288 g/mol. The van der Waals surface area contributed by atoms with Gasteiger partial charge >= 0.3 is 0 Å². The van der Waals surface area contributed by atoms with Crippen molar-refractivity contribution in [2.75, 3.05) is 25.0 Å². The van der Waals surface area contributed by atoms with Crippen LogP contribution in [0.2, 0.25) is 0 Å². The summed E-state index contributed by atoms with van der Waals surface area (Å²) in [6.45, 7) is 5.52. The Hall–Kier alpha value is -2.49. The van der Waals surface area contributed by atoms with Gasteiger partial charge in [-0.25, -0.2) is 0 Å². The highest BCUT2D eigenvalue weighted by atomic mass is 16.5. The van der Waals surface area contributed by atoms with Crippen LogP contribution < -0.4 is 15.4 Å². The quantitative estimate of drug-likeness (QED) is 0.735. The maximum Gasteiger partial charge on any atom is 0.257 e. The van der Waals surface area contributed by atoms with Crippen LogP contribution in [0.3, 0.4) is 0 Å². The second-order valence-corrected chi connectivity index (χ2v) is 5.55. The van der Waals surface area contributed by atoms with Gasteiger partial charge in [-0.3, -0.25) is 4.79 Å². The van der Waals surface area contributed by atoms with Gasteiger partial charge in [-0.1, -0.05) is 35.9 Å². The number of benzene rings is 2. The van der Waals surface area contributed by atoms with E-state index in [1.165, 1.54) is 5.56 Å². The highest BCUT2D eigenvalue weighted by Gasteiger charge is 2.04. The van der Waals surface area contributed by atoms with E-state index in [1.807, 2.05) is 62.4 Å². The maximum absolute atomic E-state index is 11.8. The molecule has 0 fully saturated rings. The monoisotopic (exact) mass is 312 g/mol. The second-order valence-electron chi connectivity index (χ2n) is 5.55. The Bertz CT molecular complexity index is 627. The predicted octanol–water partition coefficient (Wildman–Crippen LogP) is 3.30. The van der Waals surface area contributed by atoms with E-state index in [-0.39, 0.29) is 12.5 Å². The van der Waals surface area contributed by atoms with Crippen LogP contribution in [0, 0.1) is 13.8 Å². The minimum Gasteiger partial charge on any atom is -0.484 e. The number of amides is 1. The Balaban J connectivity index is 1.60. The number of nitrogens with one attached hydrogen (secondary N) is 2. The molecule has 122 valence electrons. The smallest absolute Gasteiger partial charge is 0.257 e. The molecule has 2 N–H and O–H groups in total. The van der Waals surface area contributed by atoms with E-state index in [0.29, 0.717) is 6.54 Å². The Labute approximate surface area is 137 Å². The standard InChI is InChI=1S/C19H24N2O2/c1-15-9-10-18(16(2)13-15)23-14-19(22)21-12-6-11-20-17-7-4-3-5-8-17/h3-5,7-10,13,20H,6,11-12,14H2,1-2H3,(H,21,22). The van der Waals surface area contributed by atoms with Crippen molar-refractivity contribution in [3.63, 3.8) is 0 Å². The number of rotatable bonds is 8. The lowest BCUT2D eigenvalue weighted by atomic mass is 10.1. The van der Waals surface area contributed by atoms with Crippen LogP contribution in [0.15, 0.2) is 48.5 Å². The van der Waals surface area contributed by atoms with E-state index in [2.05, 4.69) is 10.6 Å². The lowest BCUT2D eigenvalue weighted by molar-refractivity contribution is -0.123. The summed E-state index contributed by atoms with van der Waals surface area (Å²) < 4.78 is 5.55. The van der Waals surface area contributed by atoms with E-state index in [0.717, 1.165) is 30.0 Å². The molecule has 0 aliphatic rings. The van der Waals surface area contributed by atoms with Crippen molar-refractivity contribution in [1.82, 2.24) is 5.32 Å². The van der Waals surface area contributed by atoms with E-state index < -0.39 is 0 Å². The van der Waals surface area contributed by atoms with Crippen molar-refractivity contribution < 1.29 is 9.53 Å². The largest absolute Gasteiger partial charge is 0.484 e. The molecule has 0 heterocycles. The average molecular weight is 312 g/mol. The molecule has 0 unspecified atom stereocenters. The van der Waals surface area contributed by atoms with Crippen molar-refractivity contribution in [3.05, 3.63) is 59.7 Å². The lowest BCUT2D eigenvalue weighted by Gasteiger charge is -2.10. The Morgan fingerprint density at radius 1 is 1.04 bits per heavy atom. The third-order valence-corrected chi connectivity index (χ3v) is 3.47. The summed E-state index contributed by atoms with van der Waals surface area (Å²) in [5.74, 6) is 0.668. The number of carbonyl (C=O) groups is 1. The molecule has 0 spiro atoms. The van der Waals surface area contributed by atoms with Crippen LogP contribution in [-0.2, 0) is 4.79 Å². The van der Waals surface area contributed by atoms with Crippen molar-refractivity contribution in [1.29, 1.82) is 0 Å². The third kappa shape index (κ3) is 6.02. The fraction of sp³-hybridized carbons (Fsp3) is 0.316. The molecule has 0 radical (unpaired) electrons. The SMILES string of the molecule is Cc1ccc(OCC(=O)NCCCNc2ccccc2)c(C)c1. The van der Waals surface area contributed by atoms with Crippen LogP contribution in [0.4, 0.5) is 5.69 Å². The zero-order valence-corrected chi connectivity index (χ0v) is 13.8. The van der Waals surface area contributed by atoms with Crippen LogP contribution in [-0.4, -0.2) is 25.6 Å². The van der Waals surface area contributed by atoms with Crippen LogP contribution in [0.5, 0.6) is 5.75 Å². The normalized spacial score (nSPS) is 10.2. The molecule has 4 nitrogen and oxygen atoms in total. The number of hydrogen-bond donors (Lipinski definition) is 2. The minimum atomic E-state index is -0.0929. The van der Waals surface area contributed by atoms with E-state index >= 15 is 0 Å². The first kappa shape index (κ1) is 16.9. The van der Waals surface area contributed by atoms with Crippen LogP contribution in [0.1, 0.15) is 17.5 Å². The van der Waals surface area contributed by atoms with E-state index in [4.69, 9.17) is 4.74 Å². The van der Waals surface area contributed by atoms with Gasteiger partial charge in [-0.05, 0) is 44.0 Å². The van der Waals surface area contributed by atoms with Crippen molar-refractivity contribution in [2.45, 2.75) is 20.3 Å². The highest BCUT2D eigenvalue weighted by molar-refractivity contribution is 5.77.